The van der Waals surface area contributed by atoms with E-state index in [2.05, 4.69) is 210 Å². The van der Waals surface area contributed by atoms with Gasteiger partial charge in [-0.05, 0) is 111 Å². The first kappa shape index (κ1) is 62.6. The third-order valence-corrected chi connectivity index (χ3v) is 16.7. The summed E-state index contributed by atoms with van der Waals surface area (Å²) in [5, 5.41) is 0. The summed E-state index contributed by atoms with van der Waals surface area (Å²) < 4.78 is 47.9. The molecule has 0 fully saturated rings. The van der Waals surface area contributed by atoms with E-state index < -0.39 is 0 Å². The van der Waals surface area contributed by atoms with E-state index in [9.17, 15) is 0 Å². The van der Waals surface area contributed by atoms with E-state index in [0.29, 0.717) is 78.2 Å². The van der Waals surface area contributed by atoms with Crippen LogP contribution >= 0.6 is 95.6 Å². The molecular weight excluding hydrogens is 1370 g/mol. The zero-order chi connectivity index (χ0) is 55.6. The van der Waals surface area contributed by atoms with Gasteiger partial charge in [0.2, 0.25) is 0 Å². The molecule has 7 rings (SSSR count). The van der Waals surface area contributed by atoms with Crippen LogP contribution in [0.5, 0.6) is 34.5 Å². The van der Waals surface area contributed by atoms with Crippen molar-refractivity contribution in [2.45, 2.75) is 157 Å². The number of benzene rings is 6. The molecule has 6 aromatic carbocycles. The Morgan fingerprint density at radius 2 is 0.346 bits per heavy atom. The monoisotopic (exact) mass is 1440 g/mol. The van der Waals surface area contributed by atoms with E-state index in [-0.39, 0.29) is 0 Å². The maximum absolute atomic E-state index is 6.99. The molecule has 6 nitrogen and oxygen atoms in total. The van der Waals surface area contributed by atoms with E-state index >= 15 is 0 Å². The Hall–Kier alpha value is -3.00. The highest BCUT2D eigenvalue weighted by atomic mass is 79.9. The lowest BCUT2D eigenvalue weighted by atomic mass is 9.91. The Morgan fingerprint density at radius 3 is 0.449 bits per heavy atom. The van der Waals surface area contributed by atoms with Crippen molar-refractivity contribution in [1.82, 2.24) is 0 Å². The first-order valence-electron chi connectivity index (χ1n) is 28.5. The summed E-state index contributed by atoms with van der Waals surface area (Å²) in [5.74, 6) is 5.43. The Kier molecular flexibility index (Phi) is 25.7. The van der Waals surface area contributed by atoms with Crippen LogP contribution in [0.1, 0.15) is 185 Å². The van der Waals surface area contributed by atoms with Crippen molar-refractivity contribution in [3.8, 4) is 34.5 Å². The molecule has 78 heavy (non-hydrogen) atoms. The van der Waals surface area contributed by atoms with Gasteiger partial charge < -0.3 is 28.4 Å². The van der Waals surface area contributed by atoms with Gasteiger partial charge in [-0.1, -0.05) is 176 Å². The smallest absolute Gasteiger partial charge is 0.126 e. The zero-order valence-corrected chi connectivity index (χ0v) is 56.1. The van der Waals surface area contributed by atoms with Crippen LogP contribution in [0.3, 0.4) is 0 Å². The topological polar surface area (TPSA) is 55.4 Å². The van der Waals surface area contributed by atoms with Gasteiger partial charge in [-0.15, -0.1) is 0 Å². The fraction of sp³-hybridized carbons (Fsp3) is 0.455. The predicted octanol–water partition coefficient (Wildman–Crippen LogP) is 21.2. The highest BCUT2D eigenvalue weighted by Crippen LogP contribution is 2.44. The summed E-state index contributed by atoms with van der Waals surface area (Å²) >= 11 is 24.0. The van der Waals surface area contributed by atoms with Gasteiger partial charge in [-0.25, -0.2) is 0 Å². The average Bonchev–Trinajstić information content (AvgIpc) is 3.45. The first-order chi connectivity index (χ1) is 37.9. The number of hydrogen-bond acceptors (Lipinski definition) is 6. The Morgan fingerprint density at radius 1 is 0.231 bits per heavy atom. The maximum atomic E-state index is 6.99. The number of ether oxygens (including phenoxy) is 6. The Labute approximate surface area is 517 Å². The molecule has 6 aromatic rings. The van der Waals surface area contributed by atoms with Crippen LogP contribution in [0, 0.1) is 0 Å². The summed E-state index contributed by atoms with van der Waals surface area (Å²) in [6, 6.07) is 26.8. The summed E-state index contributed by atoms with van der Waals surface area (Å²) in [6.07, 6.45) is 15.3. The van der Waals surface area contributed by atoms with E-state index in [0.717, 1.165) is 205 Å². The molecule has 1 aliphatic rings. The summed E-state index contributed by atoms with van der Waals surface area (Å²) in [6.45, 7) is 16.9. The number of unbranched alkanes of at least 4 members (excludes halogenated alkanes) is 6. The molecule has 0 aliphatic heterocycles. The van der Waals surface area contributed by atoms with Gasteiger partial charge >= 0.3 is 0 Å². The van der Waals surface area contributed by atoms with Crippen LogP contribution in [0.15, 0.2) is 99.6 Å². The average molecular weight is 1450 g/mol. The number of fused-ring (bicyclic) bond motifs is 12. The molecule has 0 amide bonds. The third-order valence-electron chi connectivity index (χ3n) is 14.0. The molecule has 420 valence electrons. The van der Waals surface area contributed by atoms with Crippen LogP contribution in [0.2, 0.25) is 0 Å². The van der Waals surface area contributed by atoms with E-state index in [1.165, 1.54) is 0 Å². The van der Waals surface area contributed by atoms with Gasteiger partial charge in [-0.3, -0.25) is 0 Å². The van der Waals surface area contributed by atoms with Crippen molar-refractivity contribution in [3.05, 3.63) is 166 Å². The summed E-state index contributed by atoms with van der Waals surface area (Å²) in [4.78, 5) is 0. The van der Waals surface area contributed by atoms with Crippen molar-refractivity contribution in [3.63, 3.8) is 0 Å². The Balaban J connectivity index is 1.55. The zero-order valence-electron chi connectivity index (χ0n) is 46.6. The number of rotatable bonds is 24. The van der Waals surface area contributed by atoms with Gasteiger partial charge in [0.15, 0.2) is 0 Å². The lowest BCUT2D eigenvalue weighted by Crippen LogP contribution is -2.11. The molecule has 0 unspecified atom stereocenters. The molecule has 0 heterocycles. The third kappa shape index (κ3) is 17.5. The van der Waals surface area contributed by atoms with Crippen LogP contribution in [-0.2, 0) is 38.5 Å². The highest BCUT2D eigenvalue weighted by molar-refractivity contribution is 9.11. The van der Waals surface area contributed by atoms with Crippen molar-refractivity contribution in [2.75, 3.05) is 39.6 Å². The first-order valence-corrected chi connectivity index (χ1v) is 33.3. The fourth-order valence-electron chi connectivity index (χ4n) is 10.1. The van der Waals surface area contributed by atoms with Crippen LogP contribution in [0.4, 0.5) is 0 Å². The van der Waals surface area contributed by atoms with Gasteiger partial charge in [-0.2, -0.15) is 0 Å². The predicted molar refractivity (Wildman–Crippen MR) is 344 cm³/mol. The molecule has 0 N–H and O–H groups in total. The molecule has 1 aliphatic carbocycles. The Bertz CT molecular complexity index is 2290. The standard InChI is InChI=1S/C66H78Br6O6/c1-7-13-19-73-61-43-25-45-33-56(68)35-47(62(45)74-20-14-8-2)27-49-37-58(70)39-51(64(49)76-22-16-10-4)29-53-41-60(72)42-54(66(53)78-24-18-12-6)30-52-40-59(71)38-50(65(52)77-23-17-11-5)28-48-36-57(69)34-46(63(48)75-21-15-9-3)26-44(61)32-55(67)31-43/h31-42H,7-30H2,1-6H3. The van der Waals surface area contributed by atoms with Crippen molar-refractivity contribution >= 4 is 95.6 Å². The maximum Gasteiger partial charge on any atom is 0.126 e. The normalized spacial score (nSPS) is 12.5. The SMILES string of the molecule is CCCCOc1c2cc(Br)cc1Cc1cc(Br)cc(c1OCCCC)Cc1cc(Br)cc(c1OCCCC)Cc1cc(Br)cc(c1OCCCC)Cc1cc(Br)cc(c1OCCCC)Cc1cc(Br)cc(c1OCCCC)C2. The molecule has 0 atom stereocenters. The van der Waals surface area contributed by atoms with Crippen molar-refractivity contribution in [1.29, 1.82) is 0 Å². The van der Waals surface area contributed by atoms with Crippen LogP contribution in [-0.4, -0.2) is 39.6 Å². The quantitative estimate of drug-likeness (QED) is 0.0562. The van der Waals surface area contributed by atoms with Gasteiger partial charge in [0, 0.05) is 132 Å². The van der Waals surface area contributed by atoms with Crippen molar-refractivity contribution in [2.24, 2.45) is 0 Å². The molecule has 0 aromatic heterocycles. The van der Waals surface area contributed by atoms with Gasteiger partial charge in [0.1, 0.15) is 34.5 Å². The molecule has 12 bridgehead atoms. The second-order valence-electron chi connectivity index (χ2n) is 20.6. The minimum absolute atomic E-state index is 0.590. The second kappa shape index (κ2) is 32.0. The lowest BCUT2D eigenvalue weighted by Gasteiger charge is -2.24. The van der Waals surface area contributed by atoms with Gasteiger partial charge in [0.25, 0.3) is 0 Å². The van der Waals surface area contributed by atoms with Crippen LogP contribution < -0.4 is 28.4 Å². The lowest BCUT2D eigenvalue weighted by molar-refractivity contribution is 0.297. The van der Waals surface area contributed by atoms with E-state index in [1.54, 1.807) is 0 Å². The second-order valence-corrected chi connectivity index (χ2v) is 26.1. The van der Waals surface area contributed by atoms with Crippen LogP contribution in [0.25, 0.3) is 0 Å². The molecule has 12 heteroatoms. The van der Waals surface area contributed by atoms with Crippen molar-refractivity contribution < 1.29 is 28.4 Å². The molecule has 0 radical (unpaired) electrons. The van der Waals surface area contributed by atoms with Gasteiger partial charge in [0.05, 0.1) is 39.6 Å². The number of halogens is 6. The minimum atomic E-state index is 0.590. The minimum Gasteiger partial charge on any atom is -0.493 e. The molecule has 0 saturated heterocycles. The largest absolute Gasteiger partial charge is 0.493 e. The summed E-state index contributed by atoms with van der Waals surface area (Å²) in [7, 11) is 0. The fourth-order valence-corrected chi connectivity index (χ4v) is 13.4. The molecule has 0 saturated carbocycles. The molecule has 0 spiro atoms. The van der Waals surface area contributed by atoms with E-state index in [4.69, 9.17) is 28.4 Å². The summed E-state index contributed by atoms with van der Waals surface area (Å²) in [5.41, 5.74) is 13.1. The molecular formula is C66H78Br6O6. The van der Waals surface area contributed by atoms with E-state index in [1.807, 2.05) is 0 Å². The highest BCUT2D eigenvalue weighted by Gasteiger charge is 2.26. The number of hydrogen-bond donors (Lipinski definition) is 0.